The lowest BCUT2D eigenvalue weighted by Gasteiger charge is -2.08. The minimum atomic E-state index is -1.16. The van der Waals surface area contributed by atoms with Gasteiger partial charge in [0, 0.05) is 5.69 Å². The highest BCUT2D eigenvalue weighted by atomic mass is 16.4. The molecule has 0 aliphatic carbocycles. The molecule has 1 aromatic carbocycles. The van der Waals surface area contributed by atoms with Gasteiger partial charge in [-0.25, -0.2) is 4.79 Å². The fourth-order valence-corrected chi connectivity index (χ4v) is 1.44. The summed E-state index contributed by atoms with van der Waals surface area (Å²) < 4.78 is 0. The van der Waals surface area contributed by atoms with Crippen molar-refractivity contribution in [1.29, 1.82) is 0 Å². The molecular weight excluding hydrogens is 194 g/mol. The molecule has 0 spiro atoms. The van der Waals surface area contributed by atoms with Crippen LogP contribution in [-0.2, 0) is 6.42 Å². The molecule has 4 nitrogen and oxygen atoms in total. The van der Waals surface area contributed by atoms with Crippen molar-refractivity contribution in [3.05, 3.63) is 23.3 Å². The number of aromatic hydroxyl groups is 1. The van der Waals surface area contributed by atoms with Crippen LogP contribution in [0.2, 0.25) is 0 Å². The monoisotopic (exact) mass is 209 g/mol. The molecular formula is C11H15NO3. The molecule has 1 rings (SSSR count). The van der Waals surface area contributed by atoms with Gasteiger partial charge in [0.1, 0.15) is 11.3 Å². The van der Waals surface area contributed by atoms with Crippen LogP contribution in [0.3, 0.4) is 0 Å². The van der Waals surface area contributed by atoms with Crippen LogP contribution in [0.25, 0.3) is 0 Å². The number of nitrogens with two attached hydrogens (primary N) is 1. The van der Waals surface area contributed by atoms with E-state index >= 15 is 0 Å². The number of carboxylic acid groups (broad SMARTS) is 1. The smallest absolute Gasteiger partial charge is 0.339 e. The molecule has 4 N–H and O–H groups in total. The van der Waals surface area contributed by atoms with Gasteiger partial charge < -0.3 is 15.9 Å². The van der Waals surface area contributed by atoms with Gasteiger partial charge >= 0.3 is 5.97 Å². The fourth-order valence-electron chi connectivity index (χ4n) is 1.44. The fraction of sp³-hybridized carbons (Fsp3) is 0.364. The number of anilines is 1. The molecule has 0 aromatic heterocycles. The van der Waals surface area contributed by atoms with E-state index in [0.717, 1.165) is 12.8 Å². The van der Waals surface area contributed by atoms with Gasteiger partial charge in [-0.2, -0.15) is 0 Å². The Bertz CT molecular complexity index is 374. The number of phenols is 1. The van der Waals surface area contributed by atoms with Crippen molar-refractivity contribution in [3.63, 3.8) is 0 Å². The number of carboxylic acids is 1. The first-order chi connectivity index (χ1) is 7.06. The summed E-state index contributed by atoms with van der Waals surface area (Å²) in [4.78, 5) is 10.8. The molecule has 0 unspecified atom stereocenters. The maximum Gasteiger partial charge on any atom is 0.339 e. The second-order valence-corrected chi connectivity index (χ2v) is 3.48. The zero-order chi connectivity index (χ0) is 11.4. The second-order valence-electron chi connectivity index (χ2n) is 3.48. The van der Waals surface area contributed by atoms with Crippen LogP contribution in [0.15, 0.2) is 12.1 Å². The lowest BCUT2D eigenvalue weighted by atomic mass is 10.0. The lowest BCUT2D eigenvalue weighted by Crippen LogP contribution is -2.01. The Hall–Kier alpha value is -1.71. The molecule has 0 saturated carbocycles. The minimum absolute atomic E-state index is 0.124. The summed E-state index contributed by atoms with van der Waals surface area (Å²) in [5.74, 6) is -1.32. The van der Waals surface area contributed by atoms with Crippen LogP contribution < -0.4 is 5.73 Å². The standard InChI is InChI=1S/C11H15NO3/c1-2-3-4-7-5-8(12)6-9(10(7)13)11(14)15/h5-6,13H,2-4,12H2,1H3,(H,14,15). The Morgan fingerprint density at radius 1 is 1.47 bits per heavy atom. The van der Waals surface area contributed by atoms with E-state index in [1.807, 2.05) is 6.92 Å². The van der Waals surface area contributed by atoms with Gasteiger partial charge in [0.05, 0.1) is 0 Å². The predicted octanol–water partition coefficient (Wildman–Crippen LogP) is 2.02. The molecule has 0 amide bonds. The van der Waals surface area contributed by atoms with Crippen molar-refractivity contribution in [1.82, 2.24) is 0 Å². The first-order valence-electron chi connectivity index (χ1n) is 4.91. The van der Waals surface area contributed by atoms with Gasteiger partial charge in [0.25, 0.3) is 0 Å². The topological polar surface area (TPSA) is 83.6 Å². The highest BCUT2D eigenvalue weighted by Gasteiger charge is 2.14. The number of unbranched alkanes of at least 4 members (excludes halogenated alkanes) is 1. The number of carbonyl (C=O) groups is 1. The van der Waals surface area contributed by atoms with E-state index in [9.17, 15) is 9.90 Å². The quantitative estimate of drug-likeness (QED) is 0.523. The summed E-state index contributed by atoms with van der Waals surface area (Å²) >= 11 is 0. The zero-order valence-corrected chi connectivity index (χ0v) is 8.66. The van der Waals surface area contributed by atoms with E-state index in [4.69, 9.17) is 10.8 Å². The summed E-state index contributed by atoms with van der Waals surface area (Å²) in [6, 6.07) is 2.89. The normalized spacial score (nSPS) is 10.2. The largest absolute Gasteiger partial charge is 0.507 e. The molecule has 0 saturated heterocycles. The molecule has 0 heterocycles. The molecule has 0 aliphatic heterocycles. The average Bonchev–Trinajstić information content (AvgIpc) is 2.18. The highest BCUT2D eigenvalue weighted by Crippen LogP contribution is 2.27. The summed E-state index contributed by atoms with van der Waals surface area (Å²) in [7, 11) is 0. The average molecular weight is 209 g/mol. The van der Waals surface area contributed by atoms with E-state index in [-0.39, 0.29) is 11.3 Å². The zero-order valence-electron chi connectivity index (χ0n) is 8.66. The Morgan fingerprint density at radius 3 is 2.67 bits per heavy atom. The van der Waals surface area contributed by atoms with Crippen molar-refractivity contribution < 1.29 is 15.0 Å². The number of nitrogen functional groups attached to an aromatic ring is 1. The molecule has 4 heteroatoms. The Labute approximate surface area is 88.3 Å². The molecule has 0 atom stereocenters. The van der Waals surface area contributed by atoms with Gasteiger partial charge in [-0.05, 0) is 30.5 Å². The Balaban J connectivity index is 3.10. The number of aryl methyl sites for hydroxylation is 1. The summed E-state index contributed by atoms with van der Waals surface area (Å²) in [6.45, 7) is 2.03. The first-order valence-corrected chi connectivity index (χ1v) is 4.91. The van der Waals surface area contributed by atoms with Crippen LogP contribution in [-0.4, -0.2) is 16.2 Å². The van der Waals surface area contributed by atoms with Crippen LogP contribution >= 0.6 is 0 Å². The molecule has 0 aliphatic rings. The highest BCUT2D eigenvalue weighted by molar-refractivity contribution is 5.92. The van der Waals surface area contributed by atoms with Crippen LogP contribution in [0.5, 0.6) is 5.75 Å². The number of rotatable bonds is 4. The van der Waals surface area contributed by atoms with Crippen molar-refractivity contribution in [2.24, 2.45) is 0 Å². The number of benzene rings is 1. The third kappa shape index (κ3) is 2.62. The maximum atomic E-state index is 10.8. The maximum absolute atomic E-state index is 10.8. The van der Waals surface area contributed by atoms with E-state index in [0.29, 0.717) is 17.7 Å². The van der Waals surface area contributed by atoms with Gasteiger partial charge in [0.2, 0.25) is 0 Å². The molecule has 0 fully saturated rings. The Morgan fingerprint density at radius 2 is 2.13 bits per heavy atom. The predicted molar refractivity (Wildman–Crippen MR) is 58.1 cm³/mol. The van der Waals surface area contributed by atoms with Crippen molar-refractivity contribution in [3.8, 4) is 5.75 Å². The Kier molecular flexibility index (Phi) is 3.55. The molecule has 1 aromatic rings. The number of aromatic carboxylic acids is 1. The third-order valence-electron chi connectivity index (χ3n) is 2.24. The second kappa shape index (κ2) is 4.68. The van der Waals surface area contributed by atoms with Crippen molar-refractivity contribution in [2.75, 3.05) is 5.73 Å². The van der Waals surface area contributed by atoms with Gasteiger partial charge in [-0.1, -0.05) is 13.3 Å². The van der Waals surface area contributed by atoms with Crippen LogP contribution in [0.4, 0.5) is 5.69 Å². The number of hydrogen-bond donors (Lipinski definition) is 3. The van der Waals surface area contributed by atoms with Gasteiger partial charge in [-0.3, -0.25) is 0 Å². The summed E-state index contributed by atoms with van der Waals surface area (Å²) in [5.41, 5.74) is 6.42. The van der Waals surface area contributed by atoms with Gasteiger partial charge in [-0.15, -0.1) is 0 Å². The van der Waals surface area contributed by atoms with Crippen LogP contribution in [0, 0.1) is 0 Å². The lowest BCUT2D eigenvalue weighted by molar-refractivity contribution is 0.0693. The van der Waals surface area contributed by atoms with Crippen molar-refractivity contribution in [2.45, 2.75) is 26.2 Å². The van der Waals surface area contributed by atoms with E-state index in [1.54, 1.807) is 6.07 Å². The van der Waals surface area contributed by atoms with Gasteiger partial charge in [0.15, 0.2) is 0 Å². The molecule has 82 valence electrons. The van der Waals surface area contributed by atoms with Crippen LogP contribution in [0.1, 0.15) is 35.7 Å². The van der Waals surface area contributed by atoms with E-state index in [1.165, 1.54) is 6.07 Å². The summed E-state index contributed by atoms with van der Waals surface area (Å²) in [5, 5.41) is 18.5. The first kappa shape index (κ1) is 11.4. The minimum Gasteiger partial charge on any atom is -0.507 e. The molecule has 15 heavy (non-hydrogen) atoms. The molecule has 0 radical (unpaired) electrons. The number of hydrogen-bond acceptors (Lipinski definition) is 3. The molecule has 0 bridgehead atoms. The van der Waals surface area contributed by atoms with Crippen molar-refractivity contribution >= 4 is 11.7 Å². The van der Waals surface area contributed by atoms with E-state index < -0.39 is 5.97 Å². The van der Waals surface area contributed by atoms with E-state index in [2.05, 4.69) is 0 Å². The summed E-state index contributed by atoms with van der Waals surface area (Å²) in [6.07, 6.45) is 2.53. The SMILES string of the molecule is CCCCc1cc(N)cc(C(=O)O)c1O. The third-order valence-corrected chi connectivity index (χ3v) is 2.24.